The molecule has 2 atom stereocenters. The van der Waals surface area contributed by atoms with E-state index in [-0.39, 0.29) is 17.7 Å². The number of fused-ring (bicyclic) bond motifs is 1. The van der Waals surface area contributed by atoms with Gasteiger partial charge in [-0.05, 0) is 49.8 Å². The van der Waals surface area contributed by atoms with Gasteiger partial charge in [0.1, 0.15) is 5.01 Å². The van der Waals surface area contributed by atoms with Crippen LogP contribution in [0, 0.1) is 5.92 Å². The molecule has 1 fully saturated rings. The Hall–Kier alpha value is -1.39. The third-order valence-corrected chi connectivity index (χ3v) is 6.78. The summed E-state index contributed by atoms with van der Waals surface area (Å²) >= 11 is 7.76. The molecule has 27 heavy (non-hydrogen) atoms. The van der Waals surface area contributed by atoms with E-state index in [2.05, 4.69) is 13.5 Å². The lowest BCUT2D eigenvalue weighted by Crippen LogP contribution is -2.40. The fraction of sp³-hybridized carbons (Fsp3) is 0.545. The standard InChI is InChI=1S/C22H29ClN2OS/c1-3-5-7-10-16(4-2)20(22(26)25-13-8-6-9-14-25)21-24-18-12-11-17(23)15-19(18)27-21/h4,11-12,15-16,20H,2-3,5-10,13-14H2,1H3/t16-,20+/m1/s1. The van der Waals surface area contributed by atoms with Gasteiger partial charge in [-0.15, -0.1) is 17.9 Å². The molecule has 1 aliphatic rings. The lowest BCUT2D eigenvalue weighted by molar-refractivity contribution is -0.134. The van der Waals surface area contributed by atoms with Crippen molar-refractivity contribution >= 4 is 39.1 Å². The molecule has 3 nitrogen and oxygen atoms in total. The summed E-state index contributed by atoms with van der Waals surface area (Å²) in [5.74, 6) is 0.122. The maximum Gasteiger partial charge on any atom is 0.233 e. The van der Waals surface area contributed by atoms with E-state index in [4.69, 9.17) is 16.6 Å². The van der Waals surface area contributed by atoms with Crippen molar-refractivity contribution in [3.8, 4) is 0 Å². The number of piperidine rings is 1. The predicted molar refractivity (Wildman–Crippen MR) is 116 cm³/mol. The smallest absolute Gasteiger partial charge is 0.233 e. The number of halogens is 1. The molecule has 2 aromatic rings. The Bertz CT molecular complexity index is 782. The number of likely N-dealkylation sites (tertiary alicyclic amines) is 1. The number of carbonyl (C=O) groups is 1. The molecule has 1 aromatic heterocycles. The number of amides is 1. The molecule has 0 spiro atoms. The number of thiazole rings is 1. The van der Waals surface area contributed by atoms with Gasteiger partial charge in [0.2, 0.25) is 5.91 Å². The number of hydrogen-bond donors (Lipinski definition) is 0. The SMILES string of the molecule is C=C[C@H](CCCCC)[C@H](C(=O)N1CCCCC1)c1nc2ccc(Cl)cc2s1. The van der Waals surface area contributed by atoms with E-state index in [1.165, 1.54) is 19.3 Å². The van der Waals surface area contributed by atoms with Crippen LogP contribution in [0.4, 0.5) is 0 Å². The summed E-state index contributed by atoms with van der Waals surface area (Å²) in [5, 5.41) is 1.61. The lowest BCUT2D eigenvalue weighted by atomic mass is 9.86. The summed E-state index contributed by atoms with van der Waals surface area (Å²) in [6, 6.07) is 5.75. The normalized spacial score (nSPS) is 17.0. The fourth-order valence-corrected chi connectivity index (χ4v) is 5.30. The van der Waals surface area contributed by atoms with Crippen LogP contribution in [0.2, 0.25) is 5.02 Å². The van der Waals surface area contributed by atoms with Crippen LogP contribution in [0.15, 0.2) is 30.9 Å². The number of hydrogen-bond acceptors (Lipinski definition) is 3. The molecule has 1 amide bonds. The second kappa shape index (κ2) is 9.70. The zero-order chi connectivity index (χ0) is 19.2. The Balaban J connectivity index is 1.93. The Labute approximate surface area is 171 Å². The van der Waals surface area contributed by atoms with Crippen LogP contribution in [0.1, 0.15) is 62.8 Å². The summed E-state index contributed by atoms with van der Waals surface area (Å²) in [7, 11) is 0. The minimum atomic E-state index is -0.228. The first-order valence-electron chi connectivity index (χ1n) is 10.1. The van der Waals surface area contributed by atoms with Gasteiger partial charge in [0.05, 0.1) is 16.1 Å². The van der Waals surface area contributed by atoms with Crippen molar-refractivity contribution in [2.75, 3.05) is 13.1 Å². The monoisotopic (exact) mass is 404 g/mol. The number of aromatic nitrogens is 1. The van der Waals surface area contributed by atoms with E-state index in [9.17, 15) is 4.79 Å². The molecular formula is C22H29ClN2OS. The van der Waals surface area contributed by atoms with Crippen LogP contribution >= 0.6 is 22.9 Å². The molecule has 3 rings (SSSR count). The Kier molecular flexibility index (Phi) is 7.31. The quantitative estimate of drug-likeness (QED) is 0.375. The maximum absolute atomic E-state index is 13.5. The number of unbranched alkanes of at least 4 members (excludes halogenated alkanes) is 2. The Morgan fingerprint density at radius 1 is 1.33 bits per heavy atom. The van der Waals surface area contributed by atoms with Crippen molar-refractivity contribution in [3.63, 3.8) is 0 Å². The average Bonchev–Trinajstić information content (AvgIpc) is 3.10. The number of rotatable bonds is 8. The van der Waals surface area contributed by atoms with E-state index in [1.54, 1.807) is 11.3 Å². The van der Waals surface area contributed by atoms with E-state index >= 15 is 0 Å². The molecular weight excluding hydrogens is 376 g/mol. The summed E-state index contributed by atoms with van der Waals surface area (Å²) in [5.41, 5.74) is 0.923. The van der Waals surface area contributed by atoms with Crippen LogP contribution in [-0.2, 0) is 4.79 Å². The molecule has 0 bridgehead atoms. The van der Waals surface area contributed by atoms with Gasteiger partial charge in [0.15, 0.2) is 0 Å². The van der Waals surface area contributed by atoms with Crippen molar-refractivity contribution in [1.82, 2.24) is 9.88 Å². The van der Waals surface area contributed by atoms with Crippen LogP contribution in [0.3, 0.4) is 0 Å². The number of carbonyl (C=O) groups excluding carboxylic acids is 1. The molecule has 0 saturated carbocycles. The van der Waals surface area contributed by atoms with Gasteiger partial charge in [-0.2, -0.15) is 0 Å². The zero-order valence-corrected chi connectivity index (χ0v) is 17.7. The van der Waals surface area contributed by atoms with Crippen LogP contribution in [0.5, 0.6) is 0 Å². The fourth-order valence-electron chi connectivity index (χ4n) is 3.88. The molecule has 0 aliphatic carbocycles. The van der Waals surface area contributed by atoms with Crippen molar-refractivity contribution in [3.05, 3.63) is 40.9 Å². The van der Waals surface area contributed by atoms with Crippen molar-refractivity contribution < 1.29 is 4.79 Å². The molecule has 0 N–H and O–H groups in total. The van der Waals surface area contributed by atoms with Gasteiger partial charge in [-0.1, -0.05) is 43.9 Å². The van der Waals surface area contributed by atoms with Gasteiger partial charge in [0.25, 0.3) is 0 Å². The maximum atomic E-state index is 13.5. The molecule has 1 aliphatic heterocycles. The first-order valence-corrected chi connectivity index (χ1v) is 11.3. The van der Waals surface area contributed by atoms with Gasteiger partial charge in [-0.3, -0.25) is 4.79 Å². The van der Waals surface area contributed by atoms with E-state index < -0.39 is 0 Å². The van der Waals surface area contributed by atoms with Crippen LogP contribution < -0.4 is 0 Å². The number of allylic oxidation sites excluding steroid dienone is 1. The number of nitrogens with zero attached hydrogens (tertiary/aromatic N) is 2. The Morgan fingerprint density at radius 3 is 2.81 bits per heavy atom. The zero-order valence-electron chi connectivity index (χ0n) is 16.1. The largest absolute Gasteiger partial charge is 0.342 e. The van der Waals surface area contributed by atoms with Gasteiger partial charge < -0.3 is 4.90 Å². The van der Waals surface area contributed by atoms with Crippen molar-refractivity contribution in [2.45, 2.75) is 57.8 Å². The summed E-state index contributed by atoms with van der Waals surface area (Å²) in [6.45, 7) is 8.00. The highest BCUT2D eigenvalue weighted by atomic mass is 35.5. The third-order valence-electron chi connectivity index (χ3n) is 5.44. The molecule has 146 valence electrons. The predicted octanol–water partition coefficient (Wildman–Crippen LogP) is 6.43. The summed E-state index contributed by atoms with van der Waals surface area (Å²) in [6.07, 6.45) is 9.85. The molecule has 1 aromatic carbocycles. The first-order chi connectivity index (χ1) is 13.1. The molecule has 0 unspecified atom stereocenters. The van der Waals surface area contributed by atoms with E-state index in [0.717, 1.165) is 54.0 Å². The minimum absolute atomic E-state index is 0.127. The number of benzene rings is 1. The van der Waals surface area contributed by atoms with Crippen molar-refractivity contribution in [2.24, 2.45) is 5.92 Å². The average molecular weight is 405 g/mol. The highest BCUT2D eigenvalue weighted by Crippen LogP contribution is 2.37. The van der Waals surface area contributed by atoms with Crippen LogP contribution in [0.25, 0.3) is 10.2 Å². The molecule has 1 saturated heterocycles. The third kappa shape index (κ3) is 4.91. The highest BCUT2D eigenvalue weighted by Gasteiger charge is 2.34. The summed E-state index contributed by atoms with van der Waals surface area (Å²) in [4.78, 5) is 20.4. The highest BCUT2D eigenvalue weighted by molar-refractivity contribution is 7.18. The summed E-state index contributed by atoms with van der Waals surface area (Å²) < 4.78 is 1.05. The first kappa shape index (κ1) is 20.3. The molecule has 5 heteroatoms. The minimum Gasteiger partial charge on any atom is -0.342 e. The lowest BCUT2D eigenvalue weighted by Gasteiger charge is -2.32. The van der Waals surface area contributed by atoms with E-state index in [1.807, 2.05) is 29.2 Å². The van der Waals surface area contributed by atoms with Gasteiger partial charge in [-0.25, -0.2) is 4.98 Å². The second-order valence-corrected chi connectivity index (χ2v) is 8.92. The topological polar surface area (TPSA) is 33.2 Å². The second-order valence-electron chi connectivity index (χ2n) is 7.42. The molecule has 2 heterocycles. The molecule has 0 radical (unpaired) electrons. The van der Waals surface area contributed by atoms with Crippen molar-refractivity contribution in [1.29, 1.82) is 0 Å². The van der Waals surface area contributed by atoms with E-state index in [0.29, 0.717) is 5.02 Å². The van der Waals surface area contributed by atoms with Gasteiger partial charge in [0, 0.05) is 18.1 Å². The van der Waals surface area contributed by atoms with Crippen LogP contribution in [-0.4, -0.2) is 28.9 Å². The van der Waals surface area contributed by atoms with Gasteiger partial charge >= 0.3 is 0 Å². The Morgan fingerprint density at radius 2 is 2.11 bits per heavy atom.